The van der Waals surface area contributed by atoms with Crippen LogP contribution in [-0.2, 0) is 11.3 Å². The van der Waals surface area contributed by atoms with Gasteiger partial charge in [-0.05, 0) is 31.7 Å². The molecule has 1 aromatic carbocycles. The fourth-order valence-electron chi connectivity index (χ4n) is 2.07. The Labute approximate surface area is 112 Å². The fraction of sp³-hybridized carbons (Fsp3) is 0.429. The van der Waals surface area contributed by atoms with E-state index in [4.69, 9.17) is 5.11 Å². The normalized spacial score (nSPS) is 16.3. The third-order valence-corrected chi connectivity index (χ3v) is 3.54. The molecule has 1 aliphatic rings. The zero-order valence-electron chi connectivity index (χ0n) is 10.9. The van der Waals surface area contributed by atoms with Crippen LogP contribution < -0.4 is 10.6 Å². The van der Waals surface area contributed by atoms with Gasteiger partial charge in [-0.15, -0.1) is 0 Å². The lowest BCUT2D eigenvalue weighted by Gasteiger charge is -2.38. The maximum absolute atomic E-state index is 11.7. The Kier molecular flexibility index (Phi) is 3.74. The predicted molar refractivity (Wildman–Crippen MR) is 70.8 cm³/mol. The Bertz CT molecular complexity index is 478. The van der Waals surface area contributed by atoms with Crippen molar-refractivity contribution in [2.75, 3.05) is 0 Å². The molecule has 3 N–H and O–H groups in total. The average Bonchev–Trinajstić information content (AvgIpc) is 2.32. The van der Waals surface area contributed by atoms with Crippen LogP contribution in [0.1, 0.15) is 30.4 Å². The number of carbonyl (C=O) groups excluding carboxylic acids is 1. The smallest absolute Gasteiger partial charge is 0.329 e. The molecule has 19 heavy (non-hydrogen) atoms. The minimum Gasteiger partial charge on any atom is -0.480 e. The number of hydrogen-bond donors (Lipinski definition) is 3. The van der Waals surface area contributed by atoms with Gasteiger partial charge in [0.25, 0.3) is 0 Å². The van der Waals surface area contributed by atoms with E-state index >= 15 is 0 Å². The second-order valence-corrected chi connectivity index (χ2v) is 5.03. The third-order valence-electron chi connectivity index (χ3n) is 3.54. The standard InChI is InChI=1S/C14H18N2O3/c1-10-3-5-11(6-4-10)9-15-13(19)16-14(12(17)18)7-2-8-14/h3-6H,2,7-9H2,1H3,(H,17,18)(H2,15,16,19). The van der Waals surface area contributed by atoms with Crippen LogP contribution in [0.4, 0.5) is 4.79 Å². The second-order valence-electron chi connectivity index (χ2n) is 5.03. The van der Waals surface area contributed by atoms with E-state index < -0.39 is 17.5 Å². The van der Waals surface area contributed by atoms with E-state index in [-0.39, 0.29) is 0 Å². The molecule has 1 aliphatic carbocycles. The predicted octanol–water partition coefficient (Wildman–Crippen LogP) is 1.80. The highest BCUT2D eigenvalue weighted by molar-refractivity contribution is 5.87. The summed E-state index contributed by atoms with van der Waals surface area (Å²) in [7, 11) is 0. The Morgan fingerprint density at radius 2 is 1.89 bits per heavy atom. The molecule has 0 heterocycles. The lowest BCUT2D eigenvalue weighted by Crippen LogP contribution is -2.61. The summed E-state index contributed by atoms with van der Waals surface area (Å²) >= 11 is 0. The first-order valence-corrected chi connectivity index (χ1v) is 6.37. The molecule has 2 rings (SSSR count). The lowest BCUT2D eigenvalue weighted by atomic mass is 9.77. The molecular weight excluding hydrogens is 244 g/mol. The first-order chi connectivity index (χ1) is 9.02. The molecule has 0 saturated heterocycles. The Morgan fingerprint density at radius 3 is 2.37 bits per heavy atom. The van der Waals surface area contributed by atoms with Crippen molar-refractivity contribution in [1.29, 1.82) is 0 Å². The van der Waals surface area contributed by atoms with Crippen LogP contribution in [0, 0.1) is 6.92 Å². The molecule has 1 saturated carbocycles. The van der Waals surface area contributed by atoms with Gasteiger partial charge in [-0.1, -0.05) is 29.8 Å². The maximum Gasteiger partial charge on any atom is 0.329 e. The van der Waals surface area contributed by atoms with E-state index in [1.165, 1.54) is 0 Å². The van der Waals surface area contributed by atoms with Gasteiger partial charge in [-0.3, -0.25) is 0 Å². The molecule has 0 radical (unpaired) electrons. The molecule has 0 spiro atoms. The zero-order chi connectivity index (χ0) is 13.9. The number of benzene rings is 1. The van der Waals surface area contributed by atoms with E-state index in [0.717, 1.165) is 17.5 Å². The maximum atomic E-state index is 11.7. The SMILES string of the molecule is Cc1ccc(CNC(=O)NC2(C(=O)O)CCC2)cc1. The van der Waals surface area contributed by atoms with E-state index in [9.17, 15) is 9.59 Å². The molecule has 0 aromatic heterocycles. The largest absolute Gasteiger partial charge is 0.480 e. The average molecular weight is 262 g/mol. The summed E-state index contributed by atoms with van der Waals surface area (Å²) < 4.78 is 0. The van der Waals surface area contributed by atoms with Crippen molar-refractivity contribution >= 4 is 12.0 Å². The van der Waals surface area contributed by atoms with E-state index in [1.807, 2.05) is 31.2 Å². The highest BCUT2D eigenvalue weighted by Crippen LogP contribution is 2.31. The van der Waals surface area contributed by atoms with Crippen molar-refractivity contribution in [1.82, 2.24) is 10.6 Å². The van der Waals surface area contributed by atoms with Gasteiger partial charge in [0.15, 0.2) is 0 Å². The van der Waals surface area contributed by atoms with Crippen molar-refractivity contribution in [3.63, 3.8) is 0 Å². The molecule has 0 unspecified atom stereocenters. The summed E-state index contributed by atoms with van der Waals surface area (Å²) in [4.78, 5) is 22.8. The molecular formula is C14H18N2O3. The van der Waals surface area contributed by atoms with E-state index in [1.54, 1.807) is 0 Å². The molecule has 5 heteroatoms. The quantitative estimate of drug-likeness (QED) is 0.774. The lowest BCUT2D eigenvalue weighted by molar-refractivity contribution is -0.148. The van der Waals surface area contributed by atoms with Crippen molar-refractivity contribution in [3.05, 3.63) is 35.4 Å². The van der Waals surface area contributed by atoms with Crippen LogP contribution in [0.15, 0.2) is 24.3 Å². The number of rotatable bonds is 4. The van der Waals surface area contributed by atoms with Crippen LogP contribution in [-0.4, -0.2) is 22.6 Å². The van der Waals surface area contributed by atoms with Gasteiger partial charge in [0.1, 0.15) is 5.54 Å². The number of amides is 2. The first-order valence-electron chi connectivity index (χ1n) is 6.37. The van der Waals surface area contributed by atoms with Gasteiger partial charge in [0.2, 0.25) is 0 Å². The van der Waals surface area contributed by atoms with Crippen LogP contribution in [0.5, 0.6) is 0 Å². The monoisotopic (exact) mass is 262 g/mol. The highest BCUT2D eigenvalue weighted by atomic mass is 16.4. The highest BCUT2D eigenvalue weighted by Gasteiger charge is 2.45. The van der Waals surface area contributed by atoms with Gasteiger partial charge in [-0.25, -0.2) is 9.59 Å². The number of hydrogen-bond acceptors (Lipinski definition) is 2. The second kappa shape index (κ2) is 5.30. The van der Waals surface area contributed by atoms with Gasteiger partial charge in [-0.2, -0.15) is 0 Å². The number of aliphatic carboxylic acids is 1. The van der Waals surface area contributed by atoms with Gasteiger partial charge >= 0.3 is 12.0 Å². The van der Waals surface area contributed by atoms with Crippen LogP contribution in [0.2, 0.25) is 0 Å². The summed E-state index contributed by atoms with van der Waals surface area (Å²) in [5, 5.41) is 14.4. The van der Waals surface area contributed by atoms with Crippen LogP contribution in [0.3, 0.4) is 0 Å². The Morgan fingerprint density at radius 1 is 1.26 bits per heavy atom. The summed E-state index contributed by atoms with van der Waals surface area (Å²) in [6.07, 6.45) is 1.84. The molecule has 2 amide bonds. The van der Waals surface area contributed by atoms with Crippen molar-refractivity contribution in [2.45, 2.75) is 38.3 Å². The van der Waals surface area contributed by atoms with Crippen LogP contribution in [0.25, 0.3) is 0 Å². The number of carboxylic acids is 1. The summed E-state index contributed by atoms with van der Waals surface area (Å²) in [6, 6.07) is 7.39. The number of nitrogens with one attached hydrogen (secondary N) is 2. The molecule has 5 nitrogen and oxygen atoms in total. The molecule has 0 aliphatic heterocycles. The number of aryl methyl sites for hydroxylation is 1. The topological polar surface area (TPSA) is 78.4 Å². The zero-order valence-corrected chi connectivity index (χ0v) is 10.9. The molecule has 1 fully saturated rings. The summed E-state index contributed by atoms with van der Waals surface area (Å²) in [6.45, 7) is 2.39. The Balaban J connectivity index is 1.85. The molecule has 0 bridgehead atoms. The minimum absolute atomic E-state index is 0.391. The summed E-state index contributed by atoms with van der Waals surface area (Å²) in [5.74, 6) is -0.954. The van der Waals surface area contributed by atoms with E-state index in [0.29, 0.717) is 19.4 Å². The summed E-state index contributed by atoms with van der Waals surface area (Å²) in [5.41, 5.74) is 1.09. The number of carbonyl (C=O) groups is 2. The first kappa shape index (κ1) is 13.4. The van der Waals surface area contributed by atoms with Gasteiger partial charge in [0, 0.05) is 6.54 Å². The van der Waals surface area contributed by atoms with Crippen LogP contribution >= 0.6 is 0 Å². The third kappa shape index (κ3) is 3.05. The molecule has 1 aromatic rings. The van der Waals surface area contributed by atoms with E-state index in [2.05, 4.69) is 10.6 Å². The molecule has 0 atom stereocenters. The Hall–Kier alpha value is -2.04. The number of carboxylic acid groups (broad SMARTS) is 1. The van der Waals surface area contributed by atoms with Crippen molar-refractivity contribution in [2.24, 2.45) is 0 Å². The number of urea groups is 1. The van der Waals surface area contributed by atoms with Gasteiger partial charge in [0.05, 0.1) is 0 Å². The van der Waals surface area contributed by atoms with Gasteiger partial charge < -0.3 is 15.7 Å². The van der Waals surface area contributed by atoms with Crippen molar-refractivity contribution < 1.29 is 14.7 Å². The minimum atomic E-state index is -1.06. The molecule has 102 valence electrons. The fourth-order valence-corrected chi connectivity index (χ4v) is 2.07. The van der Waals surface area contributed by atoms with Crippen molar-refractivity contribution in [3.8, 4) is 0 Å².